The van der Waals surface area contributed by atoms with Gasteiger partial charge in [-0.05, 0) is 37.1 Å². The Morgan fingerprint density at radius 3 is 2.96 bits per heavy atom. The van der Waals surface area contributed by atoms with Gasteiger partial charge in [0.1, 0.15) is 5.82 Å². The summed E-state index contributed by atoms with van der Waals surface area (Å²) < 4.78 is 10.8. The fraction of sp³-hybridized carbons (Fsp3) is 0.381. The van der Waals surface area contributed by atoms with E-state index in [1.807, 2.05) is 18.2 Å². The molecule has 0 bridgehead atoms. The molecule has 0 radical (unpaired) electrons. The molecular weight excluding hydrogens is 354 g/mol. The van der Waals surface area contributed by atoms with Crippen molar-refractivity contribution in [1.29, 1.82) is 0 Å². The number of methoxy groups -OCH3 is 1. The Morgan fingerprint density at radius 2 is 2.11 bits per heavy atom. The number of ether oxygens (including phenoxy) is 1. The number of anilines is 1. The summed E-state index contributed by atoms with van der Waals surface area (Å²) in [7, 11) is 1.68. The zero-order valence-electron chi connectivity index (χ0n) is 16.0. The van der Waals surface area contributed by atoms with E-state index in [1.54, 1.807) is 13.3 Å². The molecule has 0 unspecified atom stereocenters. The summed E-state index contributed by atoms with van der Waals surface area (Å²) in [6, 6.07) is 14.5. The van der Waals surface area contributed by atoms with Gasteiger partial charge in [-0.25, -0.2) is 4.98 Å². The largest absolute Gasteiger partial charge is 0.383 e. The first-order valence-corrected chi connectivity index (χ1v) is 9.65. The second kappa shape index (κ2) is 8.95. The number of benzene rings is 1. The number of hydrogen-bond donors (Lipinski definition) is 1. The number of rotatable bonds is 8. The van der Waals surface area contributed by atoms with E-state index in [0.29, 0.717) is 24.9 Å². The number of nitrogens with zero attached hydrogens (tertiary/aromatic N) is 4. The number of hydrogen-bond acceptors (Lipinski definition) is 7. The average molecular weight is 379 g/mol. The second-order valence-electron chi connectivity index (χ2n) is 6.89. The third kappa shape index (κ3) is 4.21. The van der Waals surface area contributed by atoms with E-state index in [-0.39, 0.29) is 6.04 Å². The van der Waals surface area contributed by atoms with Gasteiger partial charge in [0.15, 0.2) is 0 Å². The van der Waals surface area contributed by atoms with Crippen molar-refractivity contribution in [2.24, 2.45) is 0 Å². The van der Waals surface area contributed by atoms with Crippen molar-refractivity contribution in [2.45, 2.75) is 25.4 Å². The summed E-state index contributed by atoms with van der Waals surface area (Å²) in [5, 5.41) is 7.50. The molecule has 0 spiro atoms. The predicted molar refractivity (Wildman–Crippen MR) is 107 cm³/mol. The molecule has 1 atom stereocenters. The third-order valence-corrected chi connectivity index (χ3v) is 4.97. The van der Waals surface area contributed by atoms with Crippen molar-refractivity contribution in [2.75, 3.05) is 32.1 Å². The lowest BCUT2D eigenvalue weighted by Crippen LogP contribution is -2.23. The molecule has 0 amide bonds. The van der Waals surface area contributed by atoms with Crippen LogP contribution in [0.25, 0.3) is 11.4 Å². The Hall–Kier alpha value is -2.77. The van der Waals surface area contributed by atoms with Crippen molar-refractivity contribution >= 4 is 5.82 Å². The molecule has 146 valence electrons. The number of nitrogens with one attached hydrogen (secondary N) is 1. The molecule has 4 rings (SSSR count). The standard InChI is InChI=1S/C21H25N5O2/c1-27-14-12-23-19-17(9-5-11-22-19)20-24-21(28-25-20)18-10-6-13-26(18)15-16-7-3-2-4-8-16/h2-5,7-9,11,18H,6,10,12-15H2,1H3,(H,22,23)/t18-/m0/s1. The van der Waals surface area contributed by atoms with Crippen molar-refractivity contribution in [3.63, 3.8) is 0 Å². The van der Waals surface area contributed by atoms with Gasteiger partial charge in [-0.15, -0.1) is 0 Å². The SMILES string of the molecule is COCCNc1ncccc1-c1noc([C@@H]2CCCN2Cc2ccccc2)n1. The van der Waals surface area contributed by atoms with Crippen LogP contribution in [0.3, 0.4) is 0 Å². The van der Waals surface area contributed by atoms with Gasteiger partial charge in [-0.3, -0.25) is 4.90 Å². The summed E-state index contributed by atoms with van der Waals surface area (Å²) in [6.07, 6.45) is 3.91. The molecule has 3 heterocycles. The van der Waals surface area contributed by atoms with Gasteiger partial charge in [0.05, 0.1) is 18.2 Å². The lowest BCUT2D eigenvalue weighted by atomic mass is 10.2. The van der Waals surface area contributed by atoms with Crippen LogP contribution in [0.5, 0.6) is 0 Å². The summed E-state index contributed by atoms with van der Waals surface area (Å²) in [6.45, 7) is 3.19. The molecule has 1 aliphatic rings. The highest BCUT2D eigenvalue weighted by atomic mass is 16.5. The first-order chi connectivity index (χ1) is 13.8. The van der Waals surface area contributed by atoms with Crippen LogP contribution in [-0.4, -0.2) is 46.8 Å². The quantitative estimate of drug-likeness (QED) is 0.600. The van der Waals surface area contributed by atoms with Crippen molar-refractivity contribution in [3.8, 4) is 11.4 Å². The van der Waals surface area contributed by atoms with E-state index in [4.69, 9.17) is 14.2 Å². The zero-order chi connectivity index (χ0) is 19.2. The first kappa shape index (κ1) is 18.6. The normalized spacial score (nSPS) is 17.1. The highest BCUT2D eigenvalue weighted by Crippen LogP contribution is 2.33. The van der Waals surface area contributed by atoms with Crippen molar-refractivity contribution in [3.05, 3.63) is 60.1 Å². The lowest BCUT2D eigenvalue weighted by Gasteiger charge is -2.21. The molecule has 1 aliphatic heterocycles. The molecule has 1 fully saturated rings. The van der Waals surface area contributed by atoms with Gasteiger partial charge in [-0.2, -0.15) is 4.98 Å². The smallest absolute Gasteiger partial charge is 0.244 e. The monoisotopic (exact) mass is 379 g/mol. The van der Waals surface area contributed by atoms with Gasteiger partial charge in [0, 0.05) is 26.4 Å². The Labute approximate surface area is 164 Å². The van der Waals surface area contributed by atoms with Crippen molar-refractivity contribution in [1.82, 2.24) is 20.0 Å². The Balaban J connectivity index is 1.51. The maximum Gasteiger partial charge on any atom is 0.244 e. The topological polar surface area (TPSA) is 76.3 Å². The van der Waals surface area contributed by atoms with Crippen LogP contribution in [-0.2, 0) is 11.3 Å². The molecular formula is C21H25N5O2. The molecule has 7 nitrogen and oxygen atoms in total. The maximum atomic E-state index is 5.67. The van der Waals surface area contributed by atoms with Crippen LogP contribution in [0, 0.1) is 0 Å². The summed E-state index contributed by atoms with van der Waals surface area (Å²) in [4.78, 5) is 11.5. The minimum Gasteiger partial charge on any atom is -0.383 e. The van der Waals surface area contributed by atoms with E-state index in [9.17, 15) is 0 Å². The van der Waals surface area contributed by atoms with E-state index in [1.165, 1.54) is 5.56 Å². The van der Waals surface area contributed by atoms with Crippen LogP contribution in [0.2, 0.25) is 0 Å². The number of aromatic nitrogens is 3. The van der Waals surface area contributed by atoms with Gasteiger partial charge < -0.3 is 14.6 Å². The van der Waals surface area contributed by atoms with Crippen LogP contribution in [0.4, 0.5) is 5.82 Å². The molecule has 1 aromatic carbocycles. The fourth-order valence-electron chi connectivity index (χ4n) is 3.59. The fourth-order valence-corrected chi connectivity index (χ4v) is 3.59. The minimum atomic E-state index is 0.156. The van der Waals surface area contributed by atoms with Gasteiger partial charge in [0.25, 0.3) is 0 Å². The Bertz CT molecular complexity index is 883. The Morgan fingerprint density at radius 1 is 1.21 bits per heavy atom. The predicted octanol–water partition coefficient (Wildman–Crippen LogP) is 3.53. The van der Waals surface area contributed by atoms with Crippen LogP contribution >= 0.6 is 0 Å². The molecule has 2 aromatic heterocycles. The summed E-state index contributed by atoms with van der Waals surface area (Å²) >= 11 is 0. The van der Waals surface area contributed by atoms with Gasteiger partial charge >= 0.3 is 0 Å². The van der Waals surface area contributed by atoms with E-state index in [2.05, 4.69) is 44.6 Å². The number of pyridine rings is 1. The molecule has 0 aliphatic carbocycles. The Kier molecular flexibility index (Phi) is 5.94. The lowest BCUT2D eigenvalue weighted by molar-refractivity contribution is 0.201. The van der Waals surface area contributed by atoms with Crippen molar-refractivity contribution < 1.29 is 9.26 Å². The number of likely N-dealkylation sites (tertiary alicyclic amines) is 1. The molecule has 3 aromatic rings. The van der Waals surface area contributed by atoms with E-state index >= 15 is 0 Å². The van der Waals surface area contributed by atoms with Crippen LogP contribution in [0.1, 0.15) is 30.3 Å². The molecule has 0 saturated carbocycles. The zero-order valence-corrected chi connectivity index (χ0v) is 16.0. The highest BCUT2D eigenvalue weighted by Gasteiger charge is 2.31. The first-order valence-electron chi connectivity index (χ1n) is 9.65. The molecule has 1 saturated heterocycles. The average Bonchev–Trinajstić information content (AvgIpc) is 3.39. The van der Waals surface area contributed by atoms with Gasteiger partial charge in [-0.1, -0.05) is 35.5 Å². The molecule has 28 heavy (non-hydrogen) atoms. The van der Waals surface area contributed by atoms with E-state index < -0.39 is 0 Å². The maximum absolute atomic E-state index is 5.67. The second-order valence-corrected chi connectivity index (χ2v) is 6.89. The summed E-state index contributed by atoms with van der Waals surface area (Å²) in [5.74, 6) is 1.98. The van der Waals surface area contributed by atoms with Gasteiger partial charge in [0.2, 0.25) is 11.7 Å². The van der Waals surface area contributed by atoms with Crippen LogP contribution in [0.15, 0.2) is 53.2 Å². The van der Waals surface area contributed by atoms with E-state index in [0.717, 1.165) is 37.3 Å². The molecule has 1 N–H and O–H groups in total. The summed E-state index contributed by atoms with van der Waals surface area (Å²) in [5.41, 5.74) is 2.13. The van der Waals surface area contributed by atoms with Crippen LogP contribution < -0.4 is 5.32 Å². The highest BCUT2D eigenvalue weighted by molar-refractivity contribution is 5.69. The molecule has 7 heteroatoms. The third-order valence-electron chi connectivity index (χ3n) is 4.97. The minimum absolute atomic E-state index is 0.156.